The maximum Gasteiger partial charge on any atom is 0.410 e. The van der Waals surface area contributed by atoms with E-state index in [2.05, 4.69) is 13.0 Å². The third kappa shape index (κ3) is 3.34. The first-order valence-corrected chi connectivity index (χ1v) is 9.11. The standard InChI is InChI=1S/C19H30N2O2/c1-13-5-6-16(21(12-13)17(22)23-18(2,3)4)15-9-19(10-15)7-14(8-19)11-20/h13-16H,5-10,12H2,1-4H3/t13-,14?,15?,16+,19?/m1/s1. The monoisotopic (exact) mass is 318 g/mol. The van der Waals surface area contributed by atoms with Crippen LogP contribution in [0.5, 0.6) is 0 Å². The highest BCUT2D eigenvalue weighted by Crippen LogP contribution is 2.62. The van der Waals surface area contributed by atoms with Gasteiger partial charge in [-0.15, -0.1) is 0 Å². The van der Waals surface area contributed by atoms with Gasteiger partial charge in [0.15, 0.2) is 0 Å². The van der Waals surface area contributed by atoms with Gasteiger partial charge in [-0.25, -0.2) is 4.79 Å². The molecule has 0 unspecified atom stereocenters. The number of carbonyl (C=O) groups is 1. The molecule has 1 heterocycles. The number of carbonyl (C=O) groups excluding carboxylic acids is 1. The van der Waals surface area contributed by atoms with Crippen molar-refractivity contribution in [2.45, 2.75) is 77.9 Å². The zero-order chi connectivity index (χ0) is 16.8. The highest BCUT2D eigenvalue weighted by molar-refractivity contribution is 5.68. The van der Waals surface area contributed by atoms with E-state index in [0.29, 0.717) is 23.3 Å². The second kappa shape index (κ2) is 5.69. The maximum absolute atomic E-state index is 12.6. The number of amides is 1. The molecule has 128 valence electrons. The molecule has 3 fully saturated rings. The van der Waals surface area contributed by atoms with Crippen LogP contribution in [0.4, 0.5) is 4.79 Å². The van der Waals surface area contributed by atoms with E-state index in [1.807, 2.05) is 25.7 Å². The van der Waals surface area contributed by atoms with Crippen molar-refractivity contribution in [3.8, 4) is 6.07 Å². The summed E-state index contributed by atoms with van der Waals surface area (Å²) < 4.78 is 5.65. The quantitative estimate of drug-likeness (QED) is 0.722. The lowest BCUT2D eigenvalue weighted by Gasteiger charge is -2.59. The summed E-state index contributed by atoms with van der Waals surface area (Å²) in [5.41, 5.74) is 0.00483. The third-order valence-corrected chi connectivity index (χ3v) is 5.97. The second-order valence-electron chi connectivity index (χ2n) is 9.29. The lowest BCUT2D eigenvalue weighted by molar-refractivity contribution is -0.0932. The molecule has 3 rings (SSSR count). The molecule has 1 saturated heterocycles. The van der Waals surface area contributed by atoms with Crippen LogP contribution in [0.2, 0.25) is 0 Å². The Morgan fingerprint density at radius 2 is 1.87 bits per heavy atom. The van der Waals surface area contributed by atoms with E-state index >= 15 is 0 Å². The normalized spacial score (nSPS) is 40.0. The summed E-state index contributed by atoms with van der Waals surface area (Å²) in [7, 11) is 0. The van der Waals surface area contributed by atoms with Gasteiger partial charge in [-0.2, -0.15) is 5.26 Å². The predicted octanol–water partition coefficient (Wildman–Crippen LogP) is 4.35. The average molecular weight is 318 g/mol. The van der Waals surface area contributed by atoms with Crippen molar-refractivity contribution < 1.29 is 9.53 Å². The molecular formula is C19H30N2O2. The maximum atomic E-state index is 12.6. The van der Waals surface area contributed by atoms with E-state index in [1.165, 1.54) is 19.3 Å². The fourth-order valence-corrected chi connectivity index (χ4v) is 4.93. The molecule has 0 N–H and O–H groups in total. The molecule has 0 radical (unpaired) electrons. The van der Waals surface area contributed by atoms with Gasteiger partial charge in [-0.1, -0.05) is 6.92 Å². The number of piperidine rings is 1. The molecule has 1 amide bonds. The summed E-state index contributed by atoms with van der Waals surface area (Å²) in [5, 5.41) is 8.99. The van der Waals surface area contributed by atoms with E-state index < -0.39 is 5.60 Å². The van der Waals surface area contributed by atoms with Crippen molar-refractivity contribution in [1.82, 2.24) is 4.90 Å². The number of ether oxygens (including phenoxy) is 1. The highest BCUT2D eigenvalue weighted by atomic mass is 16.6. The van der Waals surface area contributed by atoms with Crippen molar-refractivity contribution >= 4 is 6.09 Å². The molecule has 2 atom stereocenters. The molecule has 0 aromatic carbocycles. The van der Waals surface area contributed by atoms with Crippen molar-refractivity contribution in [2.24, 2.45) is 23.2 Å². The van der Waals surface area contributed by atoms with Crippen molar-refractivity contribution in [3.05, 3.63) is 0 Å². The minimum Gasteiger partial charge on any atom is -0.444 e. The van der Waals surface area contributed by atoms with Crippen LogP contribution >= 0.6 is 0 Å². The number of nitrogens with zero attached hydrogens (tertiary/aromatic N) is 2. The van der Waals surface area contributed by atoms with E-state index in [0.717, 1.165) is 25.8 Å². The Kier molecular flexibility index (Phi) is 4.11. The lowest BCUT2D eigenvalue weighted by Crippen LogP contribution is -2.58. The Balaban J connectivity index is 1.61. The number of likely N-dealkylation sites (tertiary alicyclic amines) is 1. The lowest BCUT2D eigenvalue weighted by atomic mass is 9.47. The van der Waals surface area contributed by atoms with Gasteiger partial charge in [-0.3, -0.25) is 0 Å². The van der Waals surface area contributed by atoms with E-state index in [-0.39, 0.29) is 12.0 Å². The fraction of sp³-hybridized carbons (Fsp3) is 0.895. The third-order valence-electron chi connectivity index (χ3n) is 5.97. The van der Waals surface area contributed by atoms with Crippen LogP contribution in [0.15, 0.2) is 0 Å². The molecule has 3 aliphatic rings. The average Bonchev–Trinajstić information content (AvgIpc) is 2.35. The van der Waals surface area contributed by atoms with Gasteiger partial charge in [0.25, 0.3) is 0 Å². The molecule has 4 nitrogen and oxygen atoms in total. The molecule has 1 aliphatic heterocycles. The summed E-state index contributed by atoms with van der Waals surface area (Å²) in [6.45, 7) is 8.84. The van der Waals surface area contributed by atoms with Gasteiger partial charge >= 0.3 is 6.09 Å². The highest BCUT2D eigenvalue weighted by Gasteiger charge is 2.56. The zero-order valence-corrected chi connectivity index (χ0v) is 15.0. The Hall–Kier alpha value is -1.24. The van der Waals surface area contributed by atoms with Crippen molar-refractivity contribution in [1.29, 1.82) is 5.26 Å². The number of rotatable bonds is 1. The number of hydrogen-bond acceptors (Lipinski definition) is 3. The molecule has 4 heteroatoms. The van der Waals surface area contributed by atoms with E-state index in [1.54, 1.807) is 0 Å². The summed E-state index contributed by atoms with van der Waals surface area (Å²) in [5.74, 6) is 1.44. The Labute approximate surface area is 140 Å². The van der Waals surface area contributed by atoms with Crippen LogP contribution in [0.1, 0.15) is 66.2 Å². The topological polar surface area (TPSA) is 53.3 Å². The minimum atomic E-state index is -0.433. The summed E-state index contributed by atoms with van der Waals surface area (Å²) in [6, 6.07) is 2.73. The molecule has 2 aliphatic carbocycles. The smallest absolute Gasteiger partial charge is 0.410 e. The van der Waals surface area contributed by atoms with Crippen LogP contribution in [0, 0.1) is 34.5 Å². The Morgan fingerprint density at radius 3 is 2.43 bits per heavy atom. The van der Waals surface area contributed by atoms with Gasteiger partial charge in [0, 0.05) is 18.5 Å². The van der Waals surface area contributed by atoms with Gasteiger partial charge in [0.2, 0.25) is 0 Å². The molecule has 2 saturated carbocycles. The Morgan fingerprint density at radius 1 is 1.22 bits per heavy atom. The predicted molar refractivity (Wildman–Crippen MR) is 88.6 cm³/mol. The summed E-state index contributed by atoms with van der Waals surface area (Å²) >= 11 is 0. The van der Waals surface area contributed by atoms with Crippen LogP contribution in [0.25, 0.3) is 0 Å². The minimum absolute atomic E-state index is 0.140. The molecule has 0 aromatic rings. The fourth-order valence-electron chi connectivity index (χ4n) is 4.93. The summed E-state index contributed by atoms with van der Waals surface area (Å²) in [4.78, 5) is 14.6. The largest absolute Gasteiger partial charge is 0.444 e. The first kappa shape index (κ1) is 16.6. The molecule has 1 spiro atoms. The molecule has 23 heavy (non-hydrogen) atoms. The first-order chi connectivity index (χ1) is 10.7. The van der Waals surface area contributed by atoms with Crippen LogP contribution in [0.3, 0.4) is 0 Å². The van der Waals surface area contributed by atoms with Gasteiger partial charge in [0.05, 0.1) is 6.07 Å². The Bertz CT molecular complexity index is 502. The van der Waals surface area contributed by atoms with Crippen LogP contribution < -0.4 is 0 Å². The SMILES string of the molecule is C[C@@H]1CC[C@@H](C2CC3(CC(C#N)C3)C2)N(C(=O)OC(C)(C)C)C1. The number of nitriles is 1. The first-order valence-electron chi connectivity index (χ1n) is 9.11. The molecule has 0 bridgehead atoms. The van der Waals surface area contributed by atoms with Crippen LogP contribution in [-0.4, -0.2) is 29.2 Å². The summed E-state index contributed by atoms with van der Waals surface area (Å²) in [6.07, 6.45) is 6.72. The van der Waals surface area contributed by atoms with Crippen molar-refractivity contribution in [3.63, 3.8) is 0 Å². The van der Waals surface area contributed by atoms with Gasteiger partial charge < -0.3 is 9.64 Å². The van der Waals surface area contributed by atoms with Gasteiger partial charge in [-0.05, 0) is 76.5 Å². The second-order valence-corrected chi connectivity index (χ2v) is 9.29. The van der Waals surface area contributed by atoms with E-state index in [4.69, 9.17) is 10.00 Å². The number of hydrogen-bond donors (Lipinski definition) is 0. The van der Waals surface area contributed by atoms with E-state index in [9.17, 15) is 4.79 Å². The molecule has 0 aromatic heterocycles. The van der Waals surface area contributed by atoms with Crippen LogP contribution in [-0.2, 0) is 4.74 Å². The van der Waals surface area contributed by atoms with Crippen molar-refractivity contribution in [2.75, 3.05) is 6.54 Å². The van der Waals surface area contributed by atoms with Gasteiger partial charge in [0.1, 0.15) is 5.60 Å². The zero-order valence-electron chi connectivity index (χ0n) is 15.0. The molecular weight excluding hydrogens is 288 g/mol.